The van der Waals surface area contributed by atoms with Crippen LogP contribution in [0.15, 0.2) is 30.6 Å². The smallest absolute Gasteiger partial charge is 0.0273 e. The van der Waals surface area contributed by atoms with Crippen molar-refractivity contribution in [1.29, 1.82) is 0 Å². The maximum absolute atomic E-state index is 3.89. The van der Waals surface area contributed by atoms with Gasteiger partial charge in [0.2, 0.25) is 0 Å². The molecule has 46 valence electrons. The number of hydrogen-bond acceptors (Lipinski definition) is 1. The Bertz CT molecular complexity index is 189. The van der Waals surface area contributed by atoms with Gasteiger partial charge in [-0.1, -0.05) is 12.2 Å². The van der Waals surface area contributed by atoms with Crippen molar-refractivity contribution in [3.8, 4) is 0 Å². The van der Waals surface area contributed by atoms with Crippen molar-refractivity contribution >= 4 is 6.08 Å². The molecule has 0 fully saturated rings. The number of aromatic nitrogens is 1. The van der Waals surface area contributed by atoms with Crippen molar-refractivity contribution < 1.29 is 0 Å². The number of nitrogens with zero attached hydrogens (tertiary/aromatic N) is 1. The summed E-state index contributed by atoms with van der Waals surface area (Å²) >= 11 is 0. The molecule has 0 unspecified atom stereocenters. The first-order chi connectivity index (χ1) is 4.43. The zero-order valence-corrected chi connectivity index (χ0v) is 5.41. The van der Waals surface area contributed by atoms with E-state index in [1.165, 1.54) is 5.56 Å². The highest BCUT2D eigenvalue weighted by Crippen LogP contribution is 1.97. The molecule has 9 heavy (non-hydrogen) atoms. The third kappa shape index (κ3) is 1.68. The molecular weight excluding hydrogens is 110 g/mol. The van der Waals surface area contributed by atoms with E-state index in [0.29, 0.717) is 0 Å². The van der Waals surface area contributed by atoms with Crippen LogP contribution in [0.1, 0.15) is 12.5 Å². The predicted octanol–water partition coefficient (Wildman–Crippen LogP) is 2.11. The summed E-state index contributed by atoms with van der Waals surface area (Å²) in [5.41, 5.74) is 1.20. The Labute approximate surface area is 55.1 Å². The highest BCUT2D eigenvalue weighted by atomic mass is 14.6. The van der Waals surface area contributed by atoms with Gasteiger partial charge in [-0.05, 0) is 24.6 Å². The van der Waals surface area contributed by atoms with E-state index in [4.69, 9.17) is 0 Å². The second-order valence-electron chi connectivity index (χ2n) is 1.78. The molecule has 1 aromatic rings. The first kappa shape index (κ1) is 6.02. The van der Waals surface area contributed by atoms with E-state index in [2.05, 4.69) is 4.98 Å². The second kappa shape index (κ2) is 3.02. The molecule has 0 aliphatic rings. The third-order valence-electron chi connectivity index (χ3n) is 1.07. The largest absolute Gasteiger partial charge is 0.265 e. The lowest BCUT2D eigenvalue weighted by molar-refractivity contribution is 1.32. The van der Waals surface area contributed by atoms with Gasteiger partial charge in [-0.25, -0.2) is 0 Å². The molecule has 1 heteroatoms. The summed E-state index contributed by atoms with van der Waals surface area (Å²) in [5, 5.41) is 0. The quantitative estimate of drug-likeness (QED) is 0.551. The lowest BCUT2D eigenvalue weighted by atomic mass is 10.2. The van der Waals surface area contributed by atoms with Gasteiger partial charge in [0.25, 0.3) is 0 Å². The molecule has 1 aromatic heterocycles. The predicted molar refractivity (Wildman–Crippen MR) is 38.9 cm³/mol. The first-order valence-electron chi connectivity index (χ1n) is 2.96. The molecule has 0 spiro atoms. The standard InChI is InChI=1S/C8H9N/c1-2-3-8-4-6-9-7-5-8/h2-7H,1H3/b3-2-. The molecule has 1 heterocycles. The fraction of sp³-hybridized carbons (Fsp3) is 0.125. The van der Waals surface area contributed by atoms with Crippen LogP contribution in [0.3, 0.4) is 0 Å². The van der Waals surface area contributed by atoms with E-state index in [0.717, 1.165) is 0 Å². The monoisotopic (exact) mass is 119 g/mol. The molecule has 0 N–H and O–H groups in total. The average molecular weight is 119 g/mol. The molecule has 0 radical (unpaired) electrons. The summed E-state index contributed by atoms with van der Waals surface area (Å²) in [6.45, 7) is 2.00. The van der Waals surface area contributed by atoms with E-state index in [1.807, 2.05) is 31.2 Å². The van der Waals surface area contributed by atoms with Crippen molar-refractivity contribution in [3.05, 3.63) is 36.2 Å². The first-order valence-corrected chi connectivity index (χ1v) is 2.96. The van der Waals surface area contributed by atoms with Gasteiger partial charge in [0.1, 0.15) is 0 Å². The Morgan fingerprint density at radius 2 is 2.00 bits per heavy atom. The second-order valence-corrected chi connectivity index (χ2v) is 1.78. The normalized spacial score (nSPS) is 10.3. The van der Waals surface area contributed by atoms with Crippen LogP contribution in [0.5, 0.6) is 0 Å². The summed E-state index contributed by atoms with van der Waals surface area (Å²) in [5.74, 6) is 0. The van der Waals surface area contributed by atoms with Crippen molar-refractivity contribution in [2.75, 3.05) is 0 Å². The van der Waals surface area contributed by atoms with Gasteiger partial charge in [-0.3, -0.25) is 4.98 Å². The maximum atomic E-state index is 3.89. The summed E-state index contributed by atoms with van der Waals surface area (Å²) in [7, 11) is 0. The Morgan fingerprint density at radius 1 is 1.33 bits per heavy atom. The molecule has 0 bridgehead atoms. The van der Waals surface area contributed by atoms with Gasteiger partial charge in [-0.15, -0.1) is 0 Å². The molecule has 0 saturated heterocycles. The Kier molecular flexibility index (Phi) is 2.02. The molecule has 1 rings (SSSR count). The van der Waals surface area contributed by atoms with Crippen molar-refractivity contribution in [1.82, 2.24) is 4.98 Å². The fourth-order valence-electron chi connectivity index (χ4n) is 0.667. The Morgan fingerprint density at radius 3 is 2.56 bits per heavy atom. The van der Waals surface area contributed by atoms with Crippen LogP contribution in [0.4, 0.5) is 0 Å². The van der Waals surface area contributed by atoms with Crippen LogP contribution in [0, 0.1) is 0 Å². The Balaban J connectivity index is 2.85. The minimum absolute atomic E-state index is 1.20. The molecular formula is C8H9N. The SMILES string of the molecule is C/C=C\c1ccncc1. The van der Waals surface area contributed by atoms with Crippen LogP contribution >= 0.6 is 0 Å². The van der Waals surface area contributed by atoms with Crippen LogP contribution in [0.2, 0.25) is 0 Å². The van der Waals surface area contributed by atoms with Crippen LogP contribution in [-0.2, 0) is 0 Å². The summed E-state index contributed by atoms with van der Waals surface area (Å²) in [6.07, 6.45) is 7.63. The maximum Gasteiger partial charge on any atom is 0.0273 e. The molecule has 0 aliphatic heterocycles. The summed E-state index contributed by atoms with van der Waals surface area (Å²) in [4.78, 5) is 3.89. The Hall–Kier alpha value is -1.11. The molecule has 0 amide bonds. The molecule has 0 saturated carbocycles. The topological polar surface area (TPSA) is 12.9 Å². The van der Waals surface area contributed by atoms with Gasteiger partial charge in [0, 0.05) is 12.4 Å². The van der Waals surface area contributed by atoms with E-state index >= 15 is 0 Å². The molecule has 0 atom stereocenters. The van der Waals surface area contributed by atoms with Gasteiger partial charge in [0.15, 0.2) is 0 Å². The summed E-state index contributed by atoms with van der Waals surface area (Å²) in [6, 6.07) is 3.94. The highest BCUT2D eigenvalue weighted by Gasteiger charge is 1.78. The number of rotatable bonds is 1. The number of hydrogen-bond donors (Lipinski definition) is 0. The number of allylic oxidation sites excluding steroid dienone is 1. The molecule has 0 aromatic carbocycles. The van der Waals surface area contributed by atoms with E-state index < -0.39 is 0 Å². The van der Waals surface area contributed by atoms with E-state index in [9.17, 15) is 0 Å². The van der Waals surface area contributed by atoms with Crippen molar-refractivity contribution in [2.24, 2.45) is 0 Å². The van der Waals surface area contributed by atoms with Crippen LogP contribution in [0.25, 0.3) is 6.08 Å². The highest BCUT2D eigenvalue weighted by molar-refractivity contribution is 5.47. The van der Waals surface area contributed by atoms with Crippen LogP contribution < -0.4 is 0 Å². The minimum Gasteiger partial charge on any atom is -0.265 e. The fourth-order valence-corrected chi connectivity index (χ4v) is 0.667. The average Bonchev–Trinajstić information content (AvgIpc) is 1.91. The van der Waals surface area contributed by atoms with Gasteiger partial charge >= 0.3 is 0 Å². The zero-order valence-electron chi connectivity index (χ0n) is 5.41. The van der Waals surface area contributed by atoms with Crippen molar-refractivity contribution in [3.63, 3.8) is 0 Å². The van der Waals surface area contributed by atoms with Gasteiger partial charge in [0.05, 0.1) is 0 Å². The lowest BCUT2D eigenvalue weighted by Crippen LogP contribution is -1.70. The number of pyridine rings is 1. The van der Waals surface area contributed by atoms with Crippen molar-refractivity contribution in [2.45, 2.75) is 6.92 Å². The minimum atomic E-state index is 1.20. The molecule has 1 nitrogen and oxygen atoms in total. The third-order valence-corrected chi connectivity index (χ3v) is 1.07. The van der Waals surface area contributed by atoms with Crippen LogP contribution in [-0.4, -0.2) is 4.98 Å². The lowest BCUT2D eigenvalue weighted by Gasteiger charge is -1.86. The zero-order chi connectivity index (χ0) is 6.53. The molecule has 0 aliphatic carbocycles. The van der Waals surface area contributed by atoms with E-state index in [-0.39, 0.29) is 0 Å². The van der Waals surface area contributed by atoms with Gasteiger partial charge in [-0.2, -0.15) is 0 Å². The van der Waals surface area contributed by atoms with Gasteiger partial charge < -0.3 is 0 Å². The summed E-state index contributed by atoms with van der Waals surface area (Å²) < 4.78 is 0. The van der Waals surface area contributed by atoms with E-state index in [1.54, 1.807) is 12.4 Å².